The number of ether oxygens (including phenoxy) is 1. The molecule has 2 saturated heterocycles. The van der Waals surface area contributed by atoms with Crippen LogP contribution in [0.15, 0.2) is 18.5 Å². The molecule has 1 aromatic rings. The number of hydrogen-bond donors (Lipinski definition) is 1. The Balaban J connectivity index is 1.81. The monoisotopic (exact) mass is 248 g/mol. The van der Waals surface area contributed by atoms with Crippen molar-refractivity contribution in [1.82, 2.24) is 9.88 Å². The molecule has 3 rings (SSSR count). The SMILES string of the molecule is CC1CN(c2ccncc2N)C[C@H]2COCCN12. The number of morpholine rings is 1. The Morgan fingerprint density at radius 1 is 1.44 bits per heavy atom. The number of aromatic nitrogens is 1. The van der Waals surface area contributed by atoms with Crippen molar-refractivity contribution in [2.45, 2.75) is 19.0 Å². The van der Waals surface area contributed by atoms with Gasteiger partial charge in [0.15, 0.2) is 0 Å². The van der Waals surface area contributed by atoms with Crippen molar-refractivity contribution in [1.29, 1.82) is 0 Å². The summed E-state index contributed by atoms with van der Waals surface area (Å²) in [4.78, 5) is 8.97. The highest BCUT2D eigenvalue weighted by molar-refractivity contribution is 5.66. The summed E-state index contributed by atoms with van der Waals surface area (Å²) in [5, 5.41) is 0. The maximum absolute atomic E-state index is 6.02. The van der Waals surface area contributed by atoms with Crippen molar-refractivity contribution in [2.24, 2.45) is 0 Å². The molecule has 18 heavy (non-hydrogen) atoms. The number of pyridine rings is 1. The Morgan fingerprint density at radius 2 is 2.33 bits per heavy atom. The van der Waals surface area contributed by atoms with Gasteiger partial charge in [0.2, 0.25) is 0 Å². The molecule has 0 spiro atoms. The smallest absolute Gasteiger partial charge is 0.0738 e. The van der Waals surface area contributed by atoms with Crippen LogP contribution in [-0.2, 0) is 4.74 Å². The minimum absolute atomic E-state index is 0.482. The van der Waals surface area contributed by atoms with Gasteiger partial charge in [0, 0.05) is 31.9 Å². The van der Waals surface area contributed by atoms with Crippen LogP contribution < -0.4 is 10.6 Å². The van der Waals surface area contributed by atoms with Gasteiger partial charge in [-0.1, -0.05) is 0 Å². The lowest BCUT2D eigenvalue weighted by molar-refractivity contribution is -0.0317. The van der Waals surface area contributed by atoms with E-state index in [4.69, 9.17) is 10.5 Å². The second-order valence-corrected chi connectivity index (χ2v) is 5.16. The summed E-state index contributed by atoms with van der Waals surface area (Å²) in [6.07, 6.45) is 3.53. The summed E-state index contributed by atoms with van der Waals surface area (Å²) in [6, 6.07) is 3.02. The molecular formula is C13H20N4O. The van der Waals surface area contributed by atoms with Gasteiger partial charge in [0.05, 0.1) is 36.8 Å². The summed E-state index contributed by atoms with van der Waals surface area (Å²) in [7, 11) is 0. The molecule has 3 heterocycles. The highest BCUT2D eigenvalue weighted by Gasteiger charge is 2.34. The Bertz CT molecular complexity index is 425. The van der Waals surface area contributed by atoms with Gasteiger partial charge in [-0.05, 0) is 13.0 Å². The van der Waals surface area contributed by atoms with Crippen LogP contribution in [0.25, 0.3) is 0 Å². The first-order valence-electron chi connectivity index (χ1n) is 6.53. The second kappa shape index (κ2) is 4.74. The predicted octanol–water partition coefficient (Wildman–Crippen LogP) is 0.573. The second-order valence-electron chi connectivity index (χ2n) is 5.16. The normalized spacial score (nSPS) is 29.1. The van der Waals surface area contributed by atoms with Gasteiger partial charge in [-0.15, -0.1) is 0 Å². The predicted molar refractivity (Wildman–Crippen MR) is 71.6 cm³/mol. The number of anilines is 2. The number of rotatable bonds is 1. The van der Waals surface area contributed by atoms with E-state index < -0.39 is 0 Å². The van der Waals surface area contributed by atoms with Crippen LogP contribution in [0.1, 0.15) is 6.92 Å². The maximum Gasteiger partial charge on any atom is 0.0738 e. The van der Waals surface area contributed by atoms with Crippen LogP contribution >= 0.6 is 0 Å². The van der Waals surface area contributed by atoms with Crippen LogP contribution in [0.3, 0.4) is 0 Å². The van der Waals surface area contributed by atoms with Gasteiger partial charge in [0.1, 0.15) is 0 Å². The minimum atomic E-state index is 0.482. The molecule has 0 saturated carbocycles. The molecule has 2 aliphatic rings. The third kappa shape index (κ3) is 2.04. The zero-order valence-corrected chi connectivity index (χ0v) is 10.7. The van der Waals surface area contributed by atoms with E-state index in [0.717, 1.165) is 44.2 Å². The van der Waals surface area contributed by atoms with Gasteiger partial charge in [-0.2, -0.15) is 0 Å². The van der Waals surface area contributed by atoms with E-state index in [2.05, 4.69) is 21.7 Å². The summed E-state index contributed by atoms with van der Waals surface area (Å²) in [5.41, 5.74) is 7.87. The molecule has 0 aliphatic carbocycles. The fourth-order valence-electron chi connectivity index (χ4n) is 3.04. The Morgan fingerprint density at radius 3 is 3.17 bits per heavy atom. The van der Waals surface area contributed by atoms with Crippen molar-refractivity contribution in [3.8, 4) is 0 Å². The lowest BCUT2D eigenvalue weighted by Gasteiger charge is -2.48. The molecule has 2 N–H and O–H groups in total. The molecule has 5 heteroatoms. The molecule has 1 unspecified atom stereocenters. The highest BCUT2D eigenvalue weighted by Crippen LogP contribution is 2.27. The topological polar surface area (TPSA) is 54.6 Å². The van der Waals surface area contributed by atoms with Crippen LogP contribution in [0.4, 0.5) is 11.4 Å². The van der Waals surface area contributed by atoms with Crippen molar-refractivity contribution < 1.29 is 4.74 Å². The zero-order valence-electron chi connectivity index (χ0n) is 10.7. The number of hydrogen-bond acceptors (Lipinski definition) is 5. The Hall–Kier alpha value is -1.33. The highest BCUT2D eigenvalue weighted by atomic mass is 16.5. The van der Waals surface area contributed by atoms with Crippen molar-refractivity contribution in [3.05, 3.63) is 18.5 Å². The van der Waals surface area contributed by atoms with E-state index in [-0.39, 0.29) is 0 Å². The molecule has 2 fully saturated rings. The summed E-state index contributed by atoms with van der Waals surface area (Å²) < 4.78 is 5.59. The molecular weight excluding hydrogens is 228 g/mol. The van der Waals surface area contributed by atoms with E-state index in [1.807, 2.05) is 6.07 Å². The molecule has 98 valence electrons. The largest absolute Gasteiger partial charge is 0.396 e. The number of nitrogen functional groups attached to an aromatic ring is 1. The lowest BCUT2D eigenvalue weighted by Crippen LogP contribution is -2.62. The molecule has 0 amide bonds. The fourth-order valence-corrected chi connectivity index (χ4v) is 3.04. The zero-order chi connectivity index (χ0) is 12.5. The lowest BCUT2D eigenvalue weighted by atomic mass is 10.1. The van der Waals surface area contributed by atoms with Crippen molar-refractivity contribution in [2.75, 3.05) is 43.5 Å². The Kier molecular flexibility index (Phi) is 3.09. The first-order chi connectivity index (χ1) is 8.75. The Labute approximate surface area is 108 Å². The van der Waals surface area contributed by atoms with Gasteiger partial charge < -0.3 is 15.4 Å². The average molecular weight is 248 g/mol. The molecule has 0 aromatic carbocycles. The van der Waals surface area contributed by atoms with Crippen molar-refractivity contribution >= 4 is 11.4 Å². The maximum atomic E-state index is 6.02. The number of piperazine rings is 1. The molecule has 0 radical (unpaired) electrons. The summed E-state index contributed by atoms with van der Waals surface area (Å²) in [5.74, 6) is 0. The quantitative estimate of drug-likeness (QED) is 0.787. The number of fused-ring (bicyclic) bond motifs is 1. The van der Waals surface area contributed by atoms with Gasteiger partial charge in [-0.3, -0.25) is 9.88 Å². The number of nitrogens with two attached hydrogens (primary N) is 1. The minimum Gasteiger partial charge on any atom is -0.396 e. The number of nitrogens with zero attached hydrogens (tertiary/aromatic N) is 3. The molecule has 2 atom stereocenters. The third-order valence-electron chi connectivity index (χ3n) is 3.92. The van der Waals surface area contributed by atoms with E-state index in [1.165, 1.54) is 0 Å². The third-order valence-corrected chi connectivity index (χ3v) is 3.92. The first-order valence-corrected chi connectivity index (χ1v) is 6.53. The first kappa shape index (κ1) is 11.7. The molecule has 1 aromatic heterocycles. The average Bonchev–Trinajstić information content (AvgIpc) is 2.39. The summed E-state index contributed by atoms with van der Waals surface area (Å²) in [6.45, 7) is 7.01. The van der Waals surface area contributed by atoms with Gasteiger partial charge in [-0.25, -0.2) is 0 Å². The van der Waals surface area contributed by atoms with E-state index in [0.29, 0.717) is 12.1 Å². The van der Waals surface area contributed by atoms with Crippen LogP contribution in [0, 0.1) is 0 Å². The van der Waals surface area contributed by atoms with Gasteiger partial charge >= 0.3 is 0 Å². The van der Waals surface area contributed by atoms with E-state index in [9.17, 15) is 0 Å². The van der Waals surface area contributed by atoms with Crippen molar-refractivity contribution in [3.63, 3.8) is 0 Å². The van der Waals surface area contributed by atoms with E-state index in [1.54, 1.807) is 12.4 Å². The van der Waals surface area contributed by atoms with Crippen LogP contribution in [0.2, 0.25) is 0 Å². The van der Waals surface area contributed by atoms with E-state index >= 15 is 0 Å². The molecule has 0 bridgehead atoms. The molecule has 5 nitrogen and oxygen atoms in total. The van der Waals surface area contributed by atoms with Gasteiger partial charge in [0.25, 0.3) is 0 Å². The standard InChI is InChI=1S/C13H20N4O/c1-10-7-16(13-2-3-15-6-12(13)14)8-11-9-18-5-4-17(10)11/h2-3,6,10-11H,4-5,7-9,14H2,1H3/t10?,11-/m0/s1. The summed E-state index contributed by atoms with van der Waals surface area (Å²) >= 11 is 0. The molecule has 2 aliphatic heterocycles. The van der Waals surface area contributed by atoms with Crippen LogP contribution in [-0.4, -0.2) is 54.8 Å². The fraction of sp³-hybridized carbons (Fsp3) is 0.615. The van der Waals surface area contributed by atoms with Crippen LogP contribution in [0.5, 0.6) is 0 Å².